The molecule has 5 nitrogen and oxygen atoms in total. The summed E-state index contributed by atoms with van der Waals surface area (Å²) >= 11 is 0. The molecule has 2 atom stereocenters. The van der Waals surface area contributed by atoms with Gasteiger partial charge in [-0.05, 0) is 57.9 Å². The van der Waals surface area contributed by atoms with Crippen LogP contribution >= 0.6 is 0 Å². The number of piperidine rings is 2. The maximum absolute atomic E-state index is 4.48. The molecule has 0 aliphatic carbocycles. The van der Waals surface area contributed by atoms with Crippen LogP contribution in [0.2, 0.25) is 0 Å². The van der Waals surface area contributed by atoms with Crippen molar-refractivity contribution in [1.82, 2.24) is 20.4 Å². The molecule has 5 heteroatoms. The zero-order chi connectivity index (χ0) is 19.2. The van der Waals surface area contributed by atoms with E-state index in [-0.39, 0.29) is 5.54 Å². The smallest absolute Gasteiger partial charge is 0.191 e. The zero-order valence-electron chi connectivity index (χ0n) is 18.1. The van der Waals surface area contributed by atoms with Crippen LogP contribution in [0.3, 0.4) is 0 Å². The Kier molecular flexibility index (Phi) is 8.21. The highest BCUT2D eigenvalue weighted by Crippen LogP contribution is 2.26. The molecule has 0 radical (unpaired) electrons. The predicted molar refractivity (Wildman–Crippen MR) is 113 cm³/mol. The molecule has 2 heterocycles. The van der Waals surface area contributed by atoms with Crippen molar-refractivity contribution in [3.05, 3.63) is 0 Å². The number of nitrogens with zero attached hydrogens (tertiary/aromatic N) is 3. The fourth-order valence-corrected chi connectivity index (χ4v) is 4.57. The van der Waals surface area contributed by atoms with Crippen LogP contribution in [-0.4, -0.2) is 73.7 Å². The normalized spacial score (nSPS) is 27.5. The lowest BCUT2D eigenvalue weighted by Crippen LogP contribution is -2.58. The minimum Gasteiger partial charge on any atom is -0.355 e. The summed E-state index contributed by atoms with van der Waals surface area (Å²) in [5, 5.41) is 7.26. The van der Waals surface area contributed by atoms with Crippen molar-refractivity contribution < 1.29 is 0 Å². The molecule has 2 N–H and O–H groups in total. The Morgan fingerprint density at radius 3 is 2.27 bits per heavy atom. The topological polar surface area (TPSA) is 42.9 Å². The Morgan fingerprint density at radius 2 is 1.73 bits per heavy atom. The third-order valence-corrected chi connectivity index (χ3v) is 6.11. The van der Waals surface area contributed by atoms with E-state index in [4.69, 9.17) is 0 Å². The van der Waals surface area contributed by atoms with E-state index in [9.17, 15) is 0 Å². The molecular weight excluding hydrogens is 322 g/mol. The van der Waals surface area contributed by atoms with E-state index in [2.05, 4.69) is 60.0 Å². The first-order chi connectivity index (χ1) is 12.3. The van der Waals surface area contributed by atoms with E-state index in [1.807, 2.05) is 7.05 Å². The number of aliphatic imine (C=N–C) groups is 1. The van der Waals surface area contributed by atoms with Crippen molar-refractivity contribution in [2.45, 2.75) is 71.9 Å². The average molecular weight is 366 g/mol. The van der Waals surface area contributed by atoms with Crippen LogP contribution in [0.15, 0.2) is 4.99 Å². The molecule has 0 aromatic rings. The molecule has 2 aliphatic heterocycles. The van der Waals surface area contributed by atoms with Crippen LogP contribution in [-0.2, 0) is 0 Å². The lowest BCUT2D eigenvalue weighted by molar-refractivity contribution is 0.0483. The van der Waals surface area contributed by atoms with Crippen molar-refractivity contribution >= 4 is 5.96 Å². The van der Waals surface area contributed by atoms with E-state index < -0.39 is 0 Å². The van der Waals surface area contributed by atoms with E-state index >= 15 is 0 Å². The van der Waals surface area contributed by atoms with Crippen LogP contribution in [0.1, 0.15) is 60.3 Å². The molecule has 0 bridgehead atoms. The van der Waals surface area contributed by atoms with Gasteiger partial charge in [-0.25, -0.2) is 0 Å². The highest BCUT2D eigenvalue weighted by molar-refractivity contribution is 5.80. The lowest BCUT2D eigenvalue weighted by atomic mass is 9.88. The first kappa shape index (κ1) is 21.5. The number of rotatable bonds is 6. The maximum Gasteiger partial charge on any atom is 0.191 e. The lowest BCUT2D eigenvalue weighted by Gasteiger charge is -2.45. The molecular formula is C21H43N5. The minimum absolute atomic E-state index is 0.144. The van der Waals surface area contributed by atoms with Gasteiger partial charge in [0.1, 0.15) is 0 Å². The Morgan fingerprint density at radius 1 is 1.12 bits per heavy atom. The second-order valence-electron chi connectivity index (χ2n) is 9.35. The zero-order valence-corrected chi connectivity index (χ0v) is 18.1. The Hall–Kier alpha value is -0.810. The summed E-state index contributed by atoms with van der Waals surface area (Å²) in [4.78, 5) is 9.72. The molecule has 2 unspecified atom stereocenters. The SMILES string of the molecule is CCCN1CCC(NC(=NC)NCC(C)(C)N2CC(C)CC(C)C2)CC1. The predicted octanol–water partition coefficient (Wildman–Crippen LogP) is 2.78. The first-order valence-corrected chi connectivity index (χ1v) is 10.8. The first-order valence-electron chi connectivity index (χ1n) is 10.8. The van der Waals surface area contributed by atoms with Gasteiger partial charge >= 0.3 is 0 Å². The summed E-state index contributed by atoms with van der Waals surface area (Å²) in [6.45, 7) is 18.8. The monoisotopic (exact) mass is 365 g/mol. The molecule has 0 spiro atoms. The van der Waals surface area contributed by atoms with Crippen molar-refractivity contribution in [3.63, 3.8) is 0 Å². The second kappa shape index (κ2) is 9.93. The van der Waals surface area contributed by atoms with Gasteiger partial charge in [0.15, 0.2) is 5.96 Å². The van der Waals surface area contributed by atoms with Gasteiger partial charge < -0.3 is 15.5 Å². The van der Waals surface area contributed by atoms with E-state index in [0.29, 0.717) is 6.04 Å². The highest BCUT2D eigenvalue weighted by atomic mass is 15.3. The summed E-state index contributed by atoms with van der Waals surface area (Å²) in [6, 6.07) is 0.549. The highest BCUT2D eigenvalue weighted by Gasteiger charge is 2.32. The Balaban J connectivity index is 1.79. The summed E-state index contributed by atoms with van der Waals surface area (Å²) < 4.78 is 0. The maximum atomic E-state index is 4.48. The van der Waals surface area contributed by atoms with Crippen LogP contribution in [0, 0.1) is 11.8 Å². The molecule has 2 fully saturated rings. The van der Waals surface area contributed by atoms with Gasteiger partial charge in [-0.2, -0.15) is 0 Å². The van der Waals surface area contributed by atoms with Gasteiger partial charge in [0.25, 0.3) is 0 Å². The molecule has 0 saturated carbocycles. The molecule has 2 saturated heterocycles. The molecule has 0 aromatic heterocycles. The van der Waals surface area contributed by atoms with Gasteiger partial charge in [0, 0.05) is 51.4 Å². The molecule has 0 amide bonds. The number of nitrogens with one attached hydrogen (secondary N) is 2. The number of hydrogen-bond donors (Lipinski definition) is 2. The fraction of sp³-hybridized carbons (Fsp3) is 0.952. The van der Waals surface area contributed by atoms with E-state index in [1.54, 1.807) is 0 Å². The summed E-state index contributed by atoms with van der Waals surface area (Å²) in [5.41, 5.74) is 0.144. The van der Waals surface area contributed by atoms with Crippen molar-refractivity contribution in [2.24, 2.45) is 16.8 Å². The van der Waals surface area contributed by atoms with Crippen molar-refractivity contribution in [3.8, 4) is 0 Å². The number of guanidine groups is 1. The quantitative estimate of drug-likeness (QED) is 0.561. The third kappa shape index (κ3) is 6.41. The van der Waals surface area contributed by atoms with Gasteiger partial charge in [0.2, 0.25) is 0 Å². The average Bonchev–Trinajstić information content (AvgIpc) is 2.59. The molecule has 2 aliphatic rings. The van der Waals surface area contributed by atoms with Crippen molar-refractivity contribution in [2.75, 3.05) is 46.3 Å². The van der Waals surface area contributed by atoms with Crippen LogP contribution in [0.5, 0.6) is 0 Å². The summed E-state index contributed by atoms with van der Waals surface area (Å²) in [7, 11) is 1.89. The van der Waals surface area contributed by atoms with E-state index in [0.717, 1.165) is 24.3 Å². The van der Waals surface area contributed by atoms with Crippen molar-refractivity contribution in [1.29, 1.82) is 0 Å². The largest absolute Gasteiger partial charge is 0.355 e. The summed E-state index contributed by atoms with van der Waals surface area (Å²) in [6.07, 6.45) is 5.04. The number of hydrogen-bond acceptors (Lipinski definition) is 3. The van der Waals surface area contributed by atoms with Crippen LogP contribution in [0.25, 0.3) is 0 Å². The molecule has 2 rings (SSSR count). The number of likely N-dealkylation sites (tertiary alicyclic amines) is 2. The molecule has 152 valence electrons. The Labute approximate surface area is 162 Å². The molecule has 0 aromatic carbocycles. The Bertz CT molecular complexity index is 430. The van der Waals surface area contributed by atoms with Crippen LogP contribution < -0.4 is 10.6 Å². The van der Waals surface area contributed by atoms with Gasteiger partial charge in [0.05, 0.1) is 0 Å². The molecule has 26 heavy (non-hydrogen) atoms. The van der Waals surface area contributed by atoms with Gasteiger partial charge in [-0.1, -0.05) is 20.8 Å². The third-order valence-electron chi connectivity index (χ3n) is 6.11. The van der Waals surface area contributed by atoms with Gasteiger partial charge in [-0.15, -0.1) is 0 Å². The van der Waals surface area contributed by atoms with Gasteiger partial charge in [-0.3, -0.25) is 9.89 Å². The standard InChI is InChI=1S/C21H43N5/c1-7-10-25-11-8-19(9-12-25)24-20(22-6)23-16-21(4,5)26-14-17(2)13-18(3)15-26/h17-19H,7-16H2,1-6H3,(H2,22,23,24). The van der Waals surface area contributed by atoms with E-state index in [1.165, 1.54) is 58.4 Å². The fourth-order valence-electron chi connectivity index (χ4n) is 4.57. The second-order valence-corrected chi connectivity index (χ2v) is 9.35. The van der Waals surface area contributed by atoms with Crippen LogP contribution in [0.4, 0.5) is 0 Å². The minimum atomic E-state index is 0.144. The summed E-state index contributed by atoms with van der Waals surface area (Å²) in [5.74, 6) is 2.55.